The highest BCUT2D eigenvalue weighted by atomic mass is 32.1. The van der Waals surface area contributed by atoms with Crippen LogP contribution in [0.25, 0.3) is 0 Å². The lowest BCUT2D eigenvalue weighted by molar-refractivity contribution is -0.710. The van der Waals surface area contributed by atoms with Crippen molar-refractivity contribution in [1.82, 2.24) is 4.98 Å². The Bertz CT molecular complexity index is 755. The molecule has 26 heavy (non-hydrogen) atoms. The van der Waals surface area contributed by atoms with E-state index >= 15 is 0 Å². The second-order valence-electron chi connectivity index (χ2n) is 5.94. The lowest BCUT2D eigenvalue weighted by Gasteiger charge is -2.06. The molecule has 0 spiro atoms. The number of ether oxygens (including phenoxy) is 1. The zero-order chi connectivity index (χ0) is 19.1. The SMILES string of the molecule is CCCc1sc[n+](C(N)C(=O)c2nc(CC(=O)OCC)cs2)c1CCC. The van der Waals surface area contributed by atoms with Crippen LogP contribution < -0.4 is 10.3 Å². The molecule has 2 aromatic heterocycles. The third-order valence-electron chi connectivity index (χ3n) is 3.87. The van der Waals surface area contributed by atoms with Gasteiger partial charge < -0.3 is 4.74 Å². The van der Waals surface area contributed by atoms with Gasteiger partial charge in [0.05, 0.1) is 23.6 Å². The fraction of sp³-hybridized carbons (Fsp3) is 0.556. The first-order chi connectivity index (χ1) is 12.5. The van der Waals surface area contributed by atoms with E-state index in [1.165, 1.54) is 16.2 Å². The molecule has 2 N–H and O–H groups in total. The molecule has 0 amide bonds. The molecule has 0 saturated carbocycles. The predicted molar refractivity (Wildman–Crippen MR) is 103 cm³/mol. The van der Waals surface area contributed by atoms with Gasteiger partial charge >= 0.3 is 5.97 Å². The van der Waals surface area contributed by atoms with Gasteiger partial charge in [0.2, 0.25) is 5.51 Å². The molecule has 1 unspecified atom stereocenters. The Morgan fingerprint density at radius 2 is 1.96 bits per heavy atom. The number of aryl methyl sites for hydroxylation is 1. The minimum absolute atomic E-state index is 0.0696. The number of ketones is 1. The van der Waals surface area contributed by atoms with Crippen molar-refractivity contribution in [1.29, 1.82) is 0 Å². The standard InChI is InChI=1S/C18H26N3O3S2/c1-4-7-13-14(8-5-2)26-11-21(13)17(19)16(23)18-20-12(10-25-18)9-15(22)24-6-3/h10-11,17H,4-9,19H2,1-3H3/q+1. The summed E-state index contributed by atoms with van der Waals surface area (Å²) in [5, 5.41) is 2.04. The molecule has 1 atom stereocenters. The molecule has 0 radical (unpaired) electrons. The fourth-order valence-corrected chi connectivity index (χ4v) is 4.63. The monoisotopic (exact) mass is 396 g/mol. The molecule has 2 heterocycles. The molecule has 2 rings (SSSR count). The summed E-state index contributed by atoms with van der Waals surface area (Å²) >= 11 is 2.87. The molecular weight excluding hydrogens is 370 g/mol. The normalized spacial score (nSPS) is 12.2. The summed E-state index contributed by atoms with van der Waals surface area (Å²) in [5.74, 6) is -0.573. The van der Waals surface area contributed by atoms with E-state index in [2.05, 4.69) is 18.8 Å². The average molecular weight is 397 g/mol. The van der Waals surface area contributed by atoms with Crippen molar-refractivity contribution in [3.05, 3.63) is 32.2 Å². The van der Waals surface area contributed by atoms with Crippen LogP contribution in [0.4, 0.5) is 0 Å². The van der Waals surface area contributed by atoms with E-state index < -0.39 is 6.17 Å². The summed E-state index contributed by atoms with van der Waals surface area (Å²) in [4.78, 5) is 29.9. The van der Waals surface area contributed by atoms with Crippen LogP contribution in [0, 0.1) is 0 Å². The van der Waals surface area contributed by atoms with Crippen LogP contribution in [0.2, 0.25) is 0 Å². The zero-order valence-electron chi connectivity index (χ0n) is 15.5. The van der Waals surface area contributed by atoms with Gasteiger partial charge in [-0.15, -0.1) is 11.3 Å². The van der Waals surface area contributed by atoms with Crippen LogP contribution >= 0.6 is 22.7 Å². The molecule has 0 aromatic carbocycles. The van der Waals surface area contributed by atoms with E-state index in [-0.39, 0.29) is 18.2 Å². The van der Waals surface area contributed by atoms with Gasteiger partial charge in [0, 0.05) is 11.8 Å². The van der Waals surface area contributed by atoms with Gasteiger partial charge in [0.15, 0.2) is 10.7 Å². The Hall–Kier alpha value is -1.64. The van der Waals surface area contributed by atoms with Crippen LogP contribution in [0.3, 0.4) is 0 Å². The number of esters is 1. The van der Waals surface area contributed by atoms with Crippen LogP contribution in [0.5, 0.6) is 0 Å². The first-order valence-electron chi connectivity index (χ1n) is 8.91. The van der Waals surface area contributed by atoms with Crippen LogP contribution in [-0.2, 0) is 28.8 Å². The number of hydrogen-bond acceptors (Lipinski definition) is 7. The lowest BCUT2D eigenvalue weighted by atomic mass is 10.1. The number of carbonyl (C=O) groups excluding carboxylic acids is 2. The molecular formula is C18H26N3O3S2+. The second-order valence-corrected chi connectivity index (χ2v) is 7.73. The molecule has 2 aromatic rings. The Morgan fingerprint density at radius 1 is 1.23 bits per heavy atom. The second kappa shape index (κ2) is 9.89. The fourth-order valence-electron chi connectivity index (χ4n) is 2.68. The summed E-state index contributed by atoms with van der Waals surface area (Å²) in [6.45, 7) is 6.35. The third kappa shape index (κ3) is 4.96. The Morgan fingerprint density at radius 3 is 2.62 bits per heavy atom. The Balaban J connectivity index is 2.17. The maximum atomic E-state index is 12.8. The van der Waals surface area contributed by atoms with E-state index in [4.69, 9.17) is 10.5 Å². The van der Waals surface area contributed by atoms with Gasteiger partial charge in [0.25, 0.3) is 11.9 Å². The Kier molecular flexibility index (Phi) is 7.86. The smallest absolute Gasteiger partial charge is 0.311 e. The van der Waals surface area contributed by atoms with Gasteiger partial charge in [-0.1, -0.05) is 31.6 Å². The highest BCUT2D eigenvalue weighted by Gasteiger charge is 2.32. The zero-order valence-corrected chi connectivity index (χ0v) is 17.1. The van der Waals surface area contributed by atoms with Crippen molar-refractivity contribution >= 4 is 34.4 Å². The van der Waals surface area contributed by atoms with E-state index in [1.54, 1.807) is 23.6 Å². The topological polar surface area (TPSA) is 86.2 Å². The van der Waals surface area contributed by atoms with E-state index in [0.717, 1.165) is 31.4 Å². The molecule has 0 bridgehead atoms. The molecule has 0 aliphatic carbocycles. The molecule has 0 aliphatic rings. The van der Waals surface area contributed by atoms with E-state index in [9.17, 15) is 9.59 Å². The van der Waals surface area contributed by atoms with Gasteiger partial charge in [0.1, 0.15) is 0 Å². The van der Waals surface area contributed by atoms with Crippen molar-refractivity contribution in [3.63, 3.8) is 0 Å². The number of Topliss-reactive ketones (excluding diaryl/α,β-unsaturated/α-hetero) is 1. The quantitative estimate of drug-likeness (QED) is 0.379. The van der Waals surface area contributed by atoms with Crippen molar-refractivity contribution in [2.24, 2.45) is 5.73 Å². The summed E-state index contributed by atoms with van der Waals surface area (Å²) in [6.07, 6.45) is 3.22. The average Bonchev–Trinajstić information content (AvgIpc) is 3.22. The van der Waals surface area contributed by atoms with E-state index in [0.29, 0.717) is 17.3 Å². The predicted octanol–water partition coefficient (Wildman–Crippen LogP) is 2.84. The summed E-state index contributed by atoms with van der Waals surface area (Å²) in [6, 6.07) is 0. The lowest BCUT2D eigenvalue weighted by Crippen LogP contribution is -2.50. The van der Waals surface area contributed by atoms with Crippen LogP contribution in [0.15, 0.2) is 10.9 Å². The van der Waals surface area contributed by atoms with Crippen molar-refractivity contribution < 1.29 is 18.9 Å². The van der Waals surface area contributed by atoms with Gasteiger partial charge in [-0.2, -0.15) is 4.57 Å². The molecule has 8 heteroatoms. The summed E-state index contributed by atoms with van der Waals surface area (Å²) < 4.78 is 6.80. The van der Waals surface area contributed by atoms with Crippen LogP contribution in [0.1, 0.15) is 65.8 Å². The maximum absolute atomic E-state index is 12.8. The van der Waals surface area contributed by atoms with Crippen molar-refractivity contribution in [2.45, 2.75) is 59.0 Å². The number of rotatable bonds is 10. The van der Waals surface area contributed by atoms with Crippen molar-refractivity contribution in [2.75, 3.05) is 6.61 Å². The van der Waals surface area contributed by atoms with Gasteiger partial charge in [-0.3, -0.25) is 15.3 Å². The molecule has 0 saturated heterocycles. The largest absolute Gasteiger partial charge is 0.466 e. The minimum atomic E-state index is -0.792. The first-order valence-corrected chi connectivity index (χ1v) is 10.7. The summed E-state index contributed by atoms with van der Waals surface area (Å²) in [7, 11) is 0. The van der Waals surface area contributed by atoms with Crippen molar-refractivity contribution in [3.8, 4) is 0 Å². The molecule has 142 valence electrons. The number of thiazole rings is 2. The molecule has 6 nitrogen and oxygen atoms in total. The Labute approximate surface area is 162 Å². The van der Waals surface area contributed by atoms with Gasteiger partial charge in [-0.05, 0) is 19.8 Å². The highest BCUT2D eigenvalue weighted by molar-refractivity contribution is 7.11. The van der Waals surface area contributed by atoms with Gasteiger partial charge in [-0.25, -0.2) is 4.98 Å². The third-order valence-corrected chi connectivity index (χ3v) is 5.83. The number of aromatic nitrogens is 2. The molecule has 0 fully saturated rings. The summed E-state index contributed by atoms with van der Waals surface area (Å²) in [5.41, 5.74) is 9.88. The highest BCUT2D eigenvalue weighted by Crippen LogP contribution is 2.19. The van der Waals surface area contributed by atoms with E-state index in [1.807, 2.05) is 10.1 Å². The van der Waals surface area contributed by atoms with Crippen LogP contribution in [-0.4, -0.2) is 23.3 Å². The molecule has 0 aliphatic heterocycles. The number of nitrogens with two attached hydrogens (primary N) is 1. The number of nitrogens with zero attached hydrogens (tertiary/aromatic N) is 2. The number of carbonyl (C=O) groups is 2. The maximum Gasteiger partial charge on any atom is 0.311 e. The first kappa shape index (κ1) is 20.7. The minimum Gasteiger partial charge on any atom is -0.466 e. The number of hydrogen-bond donors (Lipinski definition) is 1.